The van der Waals surface area contributed by atoms with Gasteiger partial charge in [0.05, 0.1) is 25.4 Å². The van der Waals surface area contributed by atoms with E-state index < -0.39 is 0 Å². The zero-order valence-corrected chi connectivity index (χ0v) is 19.1. The van der Waals surface area contributed by atoms with Gasteiger partial charge in [-0.25, -0.2) is 4.79 Å². The van der Waals surface area contributed by atoms with Crippen LogP contribution in [-0.2, 0) is 9.47 Å². The Morgan fingerprint density at radius 2 is 1.64 bits per heavy atom. The molecule has 33 heavy (non-hydrogen) atoms. The van der Waals surface area contributed by atoms with E-state index in [2.05, 4.69) is 10.2 Å². The van der Waals surface area contributed by atoms with Crippen molar-refractivity contribution in [3.8, 4) is 11.1 Å². The predicted octanol–water partition coefficient (Wildman–Crippen LogP) is 5.27. The lowest BCUT2D eigenvalue weighted by atomic mass is 10.0. The molecule has 0 aliphatic carbocycles. The van der Waals surface area contributed by atoms with Gasteiger partial charge in [0.15, 0.2) is 0 Å². The highest BCUT2D eigenvalue weighted by atomic mass is 35.5. The largest absolute Gasteiger partial charge is 0.462 e. The standard InChI is InChI=1S/C26H25ClN2O4/c1-2-33-26(31)19-5-3-18(4-6-19)23-17-20(7-12-24(23)27)25(30)28-21-8-10-22(11-9-21)29-13-15-32-16-14-29/h3-12,17H,2,13-16H2,1H3,(H,28,30). The van der Waals surface area contributed by atoms with Crippen molar-refractivity contribution in [1.29, 1.82) is 0 Å². The molecule has 6 nitrogen and oxygen atoms in total. The van der Waals surface area contributed by atoms with E-state index in [9.17, 15) is 9.59 Å². The van der Waals surface area contributed by atoms with E-state index in [0.717, 1.165) is 37.6 Å². The summed E-state index contributed by atoms with van der Waals surface area (Å²) in [6.07, 6.45) is 0. The van der Waals surface area contributed by atoms with Crippen LogP contribution >= 0.6 is 11.6 Å². The van der Waals surface area contributed by atoms with Crippen LogP contribution in [0.4, 0.5) is 11.4 Å². The van der Waals surface area contributed by atoms with Crippen molar-refractivity contribution in [2.75, 3.05) is 43.1 Å². The van der Waals surface area contributed by atoms with E-state index in [1.165, 1.54) is 0 Å². The molecule has 1 amide bonds. The normalized spacial score (nSPS) is 13.5. The highest BCUT2D eigenvalue weighted by Gasteiger charge is 2.14. The molecule has 0 aromatic heterocycles. The second-order valence-electron chi connectivity index (χ2n) is 7.59. The van der Waals surface area contributed by atoms with Crippen LogP contribution in [0.3, 0.4) is 0 Å². The van der Waals surface area contributed by atoms with Gasteiger partial charge in [0, 0.05) is 40.6 Å². The number of hydrogen-bond donors (Lipinski definition) is 1. The lowest BCUT2D eigenvalue weighted by Crippen LogP contribution is -2.36. The maximum Gasteiger partial charge on any atom is 0.338 e. The minimum Gasteiger partial charge on any atom is -0.462 e. The van der Waals surface area contributed by atoms with Crippen molar-refractivity contribution >= 4 is 34.9 Å². The summed E-state index contributed by atoms with van der Waals surface area (Å²) in [5.41, 5.74) is 4.29. The first-order chi connectivity index (χ1) is 16.0. The summed E-state index contributed by atoms with van der Waals surface area (Å²) < 4.78 is 10.4. The third kappa shape index (κ3) is 5.53. The topological polar surface area (TPSA) is 67.9 Å². The van der Waals surface area contributed by atoms with Gasteiger partial charge in [-0.05, 0) is 67.1 Å². The average Bonchev–Trinajstić information content (AvgIpc) is 2.85. The molecule has 0 atom stereocenters. The van der Waals surface area contributed by atoms with Crippen LogP contribution in [0.1, 0.15) is 27.6 Å². The van der Waals surface area contributed by atoms with Crippen LogP contribution in [0, 0.1) is 0 Å². The van der Waals surface area contributed by atoms with Crippen LogP contribution in [-0.4, -0.2) is 44.8 Å². The Hall–Kier alpha value is -3.35. The molecule has 0 unspecified atom stereocenters. The average molecular weight is 465 g/mol. The molecule has 4 rings (SSSR count). The number of rotatable bonds is 6. The Bertz CT molecular complexity index is 1120. The number of nitrogens with one attached hydrogen (secondary N) is 1. The van der Waals surface area contributed by atoms with E-state index in [0.29, 0.717) is 34.0 Å². The molecular formula is C26H25ClN2O4. The summed E-state index contributed by atoms with van der Waals surface area (Å²) in [5.74, 6) is -0.599. The second kappa shape index (κ2) is 10.5. The minimum absolute atomic E-state index is 0.227. The molecular weight excluding hydrogens is 440 g/mol. The molecule has 1 aliphatic heterocycles. The highest BCUT2D eigenvalue weighted by molar-refractivity contribution is 6.33. The molecule has 1 N–H and O–H groups in total. The van der Waals surface area contributed by atoms with Crippen molar-refractivity contribution in [2.45, 2.75) is 6.92 Å². The van der Waals surface area contributed by atoms with Crippen molar-refractivity contribution in [3.63, 3.8) is 0 Å². The third-order valence-electron chi connectivity index (χ3n) is 5.44. The van der Waals surface area contributed by atoms with Crippen molar-refractivity contribution in [3.05, 3.63) is 82.9 Å². The van der Waals surface area contributed by atoms with Crippen LogP contribution in [0.2, 0.25) is 5.02 Å². The molecule has 0 radical (unpaired) electrons. The summed E-state index contributed by atoms with van der Waals surface area (Å²) in [6.45, 7) is 5.26. The van der Waals surface area contributed by atoms with Crippen molar-refractivity contribution in [1.82, 2.24) is 0 Å². The molecule has 1 heterocycles. The van der Waals surface area contributed by atoms with Gasteiger partial charge in [-0.15, -0.1) is 0 Å². The fraction of sp³-hybridized carbons (Fsp3) is 0.231. The maximum atomic E-state index is 12.9. The number of halogens is 1. The molecule has 1 aliphatic rings. The van der Waals surface area contributed by atoms with E-state index in [1.807, 2.05) is 24.3 Å². The number of ether oxygens (including phenoxy) is 2. The summed E-state index contributed by atoms with van der Waals surface area (Å²) >= 11 is 6.40. The zero-order valence-electron chi connectivity index (χ0n) is 18.3. The smallest absolute Gasteiger partial charge is 0.338 e. The van der Waals surface area contributed by atoms with E-state index >= 15 is 0 Å². The number of esters is 1. The van der Waals surface area contributed by atoms with Crippen LogP contribution in [0.5, 0.6) is 0 Å². The van der Waals surface area contributed by atoms with E-state index in [1.54, 1.807) is 49.4 Å². The number of anilines is 2. The number of carbonyl (C=O) groups excluding carboxylic acids is 2. The van der Waals surface area contributed by atoms with E-state index in [4.69, 9.17) is 21.1 Å². The molecule has 0 saturated carbocycles. The quantitative estimate of drug-likeness (QED) is 0.503. The molecule has 3 aromatic rings. The molecule has 7 heteroatoms. The fourth-order valence-electron chi connectivity index (χ4n) is 3.67. The Kier molecular flexibility index (Phi) is 7.27. The number of morpholine rings is 1. The zero-order chi connectivity index (χ0) is 23.2. The van der Waals surface area contributed by atoms with Crippen LogP contribution < -0.4 is 10.2 Å². The summed E-state index contributed by atoms with van der Waals surface area (Å²) in [6, 6.07) is 19.9. The van der Waals surface area contributed by atoms with Crippen LogP contribution in [0.25, 0.3) is 11.1 Å². The Balaban J connectivity index is 1.47. The second-order valence-corrected chi connectivity index (χ2v) is 8.00. The molecule has 1 saturated heterocycles. The summed E-state index contributed by atoms with van der Waals surface area (Å²) in [5, 5.41) is 3.46. The van der Waals surface area contributed by atoms with Crippen molar-refractivity contribution < 1.29 is 19.1 Å². The van der Waals surface area contributed by atoms with Crippen LogP contribution in [0.15, 0.2) is 66.7 Å². The van der Waals surface area contributed by atoms with Gasteiger partial charge in [-0.3, -0.25) is 4.79 Å². The Morgan fingerprint density at radius 3 is 2.30 bits per heavy atom. The van der Waals surface area contributed by atoms with Gasteiger partial charge in [0.2, 0.25) is 0 Å². The van der Waals surface area contributed by atoms with Gasteiger partial charge in [0.1, 0.15) is 0 Å². The highest BCUT2D eigenvalue weighted by Crippen LogP contribution is 2.30. The fourth-order valence-corrected chi connectivity index (χ4v) is 3.90. The van der Waals surface area contributed by atoms with E-state index in [-0.39, 0.29) is 11.9 Å². The monoisotopic (exact) mass is 464 g/mol. The number of hydrogen-bond acceptors (Lipinski definition) is 5. The molecule has 0 spiro atoms. The van der Waals surface area contributed by atoms with Gasteiger partial charge >= 0.3 is 5.97 Å². The number of carbonyl (C=O) groups is 2. The van der Waals surface area contributed by atoms with Crippen molar-refractivity contribution in [2.24, 2.45) is 0 Å². The molecule has 0 bridgehead atoms. The number of benzene rings is 3. The van der Waals surface area contributed by atoms with Gasteiger partial charge in [0.25, 0.3) is 5.91 Å². The van der Waals surface area contributed by atoms with Gasteiger partial charge < -0.3 is 19.7 Å². The van der Waals surface area contributed by atoms with Gasteiger partial charge in [-0.1, -0.05) is 23.7 Å². The molecule has 170 valence electrons. The first-order valence-electron chi connectivity index (χ1n) is 10.9. The Labute approximate surface area is 198 Å². The SMILES string of the molecule is CCOC(=O)c1ccc(-c2cc(C(=O)Nc3ccc(N4CCOCC4)cc3)ccc2Cl)cc1. The Morgan fingerprint density at radius 1 is 0.970 bits per heavy atom. The number of amides is 1. The lowest BCUT2D eigenvalue weighted by Gasteiger charge is -2.28. The molecule has 1 fully saturated rings. The maximum absolute atomic E-state index is 12.9. The first kappa shape index (κ1) is 22.8. The lowest BCUT2D eigenvalue weighted by molar-refractivity contribution is 0.0526. The first-order valence-corrected chi connectivity index (χ1v) is 11.2. The summed E-state index contributed by atoms with van der Waals surface area (Å²) in [7, 11) is 0. The molecule has 3 aromatic carbocycles. The predicted molar refractivity (Wildman–Crippen MR) is 130 cm³/mol. The number of nitrogens with zero attached hydrogens (tertiary/aromatic N) is 1. The minimum atomic E-state index is -0.372. The third-order valence-corrected chi connectivity index (χ3v) is 5.77. The van der Waals surface area contributed by atoms with Gasteiger partial charge in [-0.2, -0.15) is 0 Å². The summed E-state index contributed by atoms with van der Waals surface area (Å²) in [4.78, 5) is 27.0.